The van der Waals surface area contributed by atoms with E-state index in [1.54, 1.807) is 0 Å². The standard InChI is InChI=1S/C13H6F4N4/c14-9-11(10(15)13(17)20-12(9)16)21-19-6-8-3-1-7(5-18)2-4-8/h1-4,6H,(H,20,21)/b19-6+. The zero-order chi connectivity index (χ0) is 15.4. The molecule has 1 heterocycles. The molecule has 2 aromatic rings. The van der Waals surface area contributed by atoms with Crippen LogP contribution in [0.3, 0.4) is 0 Å². The Kier molecular flexibility index (Phi) is 4.13. The first kappa shape index (κ1) is 14.5. The van der Waals surface area contributed by atoms with Crippen molar-refractivity contribution in [3.05, 3.63) is 58.9 Å². The van der Waals surface area contributed by atoms with E-state index in [-0.39, 0.29) is 0 Å². The van der Waals surface area contributed by atoms with Crippen molar-refractivity contribution in [2.45, 2.75) is 0 Å². The van der Waals surface area contributed by atoms with Crippen LogP contribution >= 0.6 is 0 Å². The van der Waals surface area contributed by atoms with Gasteiger partial charge in [0.05, 0.1) is 17.8 Å². The lowest BCUT2D eigenvalue weighted by Gasteiger charge is -2.04. The van der Waals surface area contributed by atoms with Crippen LogP contribution in [-0.2, 0) is 0 Å². The minimum absolute atomic E-state index is 0.426. The molecule has 8 heteroatoms. The number of benzene rings is 1. The molecule has 4 nitrogen and oxygen atoms in total. The molecule has 0 saturated heterocycles. The van der Waals surface area contributed by atoms with Gasteiger partial charge in [-0.05, 0) is 17.7 Å². The summed E-state index contributed by atoms with van der Waals surface area (Å²) >= 11 is 0. The molecular weight excluding hydrogens is 288 g/mol. The Hall–Kier alpha value is -2.95. The van der Waals surface area contributed by atoms with E-state index in [4.69, 9.17) is 5.26 Å². The summed E-state index contributed by atoms with van der Waals surface area (Å²) in [6.07, 6.45) is 1.16. The highest BCUT2D eigenvalue weighted by molar-refractivity contribution is 5.80. The van der Waals surface area contributed by atoms with Gasteiger partial charge in [0.2, 0.25) is 11.6 Å². The number of rotatable bonds is 3. The highest BCUT2D eigenvalue weighted by atomic mass is 19.2. The molecule has 0 spiro atoms. The molecule has 0 aliphatic carbocycles. The first-order valence-electron chi connectivity index (χ1n) is 5.52. The molecule has 1 aromatic carbocycles. The lowest BCUT2D eigenvalue weighted by molar-refractivity contribution is 0.411. The highest BCUT2D eigenvalue weighted by Gasteiger charge is 2.20. The number of halogens is 4. The van der Waals surface area contributed by atoms with E-state index in [2.05, 4.69) is 10.1 Å². The third-order valence-electron chi connectivity index (χ3n) is 2.43. The number of aromatic nitrogens is 1. The van der Waals surface area contributed by atoms with E-state index < -0.39 is 29.2 Å². The average molecular weight is 294 g/mol. The average Bonchev–Trinajstić information content (AvgIpc) is 2.49. The minimum atomic E-state index is -1.77. The van der Waals surface area contributed by atoms with E-state index in [0.29, 0.717) is 11.1 Å². The highest BCUT2D eigenvalue weighted by Crippen LogP contribution is 2.21. The molecule has 0 aliphatic rings. The number of nitriles is 1. The summed E-state index contributed by atoms with van der Waals surface area (Å²) in [4.78, 5) is 2.41. The molecule has 0 amide bonds. The van der Waals surface area contributed by atoms with Crippen molar-refractivity contribution in [3.63, 3.8) is 0 Å². The van der Waals surface area contributed by atoms with Crippen molar-refractivity contribution < 1.29 is 17.6 Å². The number of hydrazone groups is 1. The molecule has 0 unspecified atom stereocenters. The van der Waals surface area contributed by atoms with Crippen molar-refractivity contribution in [3.8, 4) is 6.07 Å². The Morgan fingerprint density at radius 2 is 1.62 bits per heavy atom. The molecule has 2 rings (SSSR count). The predicted molar refractivity (Wildman–Crippen MR) is 66.4 cm³/mol. The smallest absolute Gasteiger partial charge is 0.254 e. The number of nitrogens with one attached hydrogen (secondary N) is 1. The van der Waals surface area contributed by atoms with Crippen LogP contribution in [0, 0.1) is 34.9 Å². The second kappa shape index (κ2) is 6.00. The fourth-order valence-electron chi connectivity index (χ4n) is 1.40. The van der Waals surface area contributed by atoms with Gasteiger partial charge < -0.3 is 0 Å². The first-order valence-corrected chi connectivity index (χ1v) is 5.52. The number of hydrogen-bond acceptors (Lipinski definition) is 4. The van der Waals surface area contributed by atoms with E-state index in [9.17, 15) is 17.6 Å². The lowest BCUT2D eigenvalue weighted by atomic mass is 10.2. The second-order valence-corrected chi connectivity index (χ2v) is 3.80. The fourth-order valence-corrected chi connectivity index (χ4v) is 1.40. The van der Waals surface area contributed by atoms with Gasteiger partial charge >= 0.3 is 0 Å². The van der Waals surface area contributed by atoms with Crippen LogP contribution in [0.2, 0.25) is 0 Å². The molecule has 0 aliphatic heterocycles. The second-order valence-electron chi connectivity index (χ2n) is 3.80. The van der Waals surface area contributed by atoms with Crippen molar-refractivity contribution >= 4 is 11.9 Å². The van der Waals surface area contributed by atoms with Gasteiger partial charge in [-0.25, -0.2) is 0 Å². The topological polar surface area (TPSA) is 61.1 Å². The van der Waals surface area contributed by atoms with Gasteiger partial charge in [-0.1, -0.05) is 12.1 Å². The van der Waals surface area contributed by atoms with E-state index in [0.717, 1.165) is 6.21 Å². The predicted octanol–water partition coefficient (Wildman–Crippen LogP) is 2.96. The van der Waals surface area contributed by atoms with Crippen LogP contribution in [-0.4, -0.2) is 11.2 Å². The molecule has 0 radical (unpaired) electrons. The molecule has 0 bridgehead atoms. The van der Waals surface area contributed by atoms with Gasteiger partial charge in [-0.15, -0.1) is 0 Å². The van der Waals surface area contributed by atoms with Crippen molar-refractivity contribution in [2.24, 2.45) is 5.10 Å². The van der Waals surface area contributed by atoms with Crippen molar-refractivity contribution in [1.29, 1.82) is 5.26 Å². The summed E-state index contributed by atoms with van der Waals surface area (Å²) in [5, 5.41) is 12.1. The van der Waals surface area contributed by atoms with Crippen LogP contribution < -0.4 is 5.43 Å². The zero-order valence-electron chi connectivity index (χ0n) is 10.2. The lowest BCUT2D eigenvalue weighted by Crippen LogP contribution is -2.05. The van der Waals surface area contributed by atoms with Gasteiger partial charge in [-0.2, -0.15) is 32.9 Å². The number of hydrogen-bond donors (Lipinski definition) is 1. The SMILES string of the molecule is N#Cc1ccc(/C=N/Nc2c(F)c(F)nc(F)c2F)cc1. The maximum Gasteiger partial charge on any atom is 0.254 e. The monoisotopic (exact) mass is 294 g/mol. The van der Waals surface area contributed by atoms with Gasteiger partial charge in [0.15, 0.2) is 0 Å². The van der Waals surface area contributed by atoms with E-state index in [1.807, 2.05) is 11.5 Å². The van der Waals surface area contributed by atoms with Crippen LogP contribution in [0.25, 0.3) is 0 Å². The molecule has 21 heavy (non-hydrogen) atoms. The first-order chi connectivity index (χ1) is 10.0. The van der Waals surface area contributed by atoms with E-state index in [1.165, 1.54) is 24.3 Å². The van der Waals surface area contributed by atoms with Crippen LogP contribution in [0.15, 0.2) is 29.4 Å². The largest absolute Gasteiger partial charge is 0.272 e. The van der Waals surface area contributed by atoms with E-state index >= 15 is 0 Å². The molecule has 0 saturated carbocycles. The number of pyridine rings is 1. The Morgan fingerprint density at radius 1 is 1.05 bits per heavy atom. The number of anilines is 1. The van der Waals surface area contributed by atoms with Crippen molar-refractivity contribution in [1.82, 2.24) is 4.98 Å². The summed E-state index contributed by atoms with van der Waals surface area (Å²) in [5.41, 5.74) is 1.73. The van der Waals surface area contributed by atoms with Crippen molar-refractivity contribution in [2.75, 3.05) is 5.43 Å². The summed E-state index contributed by atoms with van der Waals surface area (Å²) in [7, 11) is 0. The Bertz CT molecular complexity index is 709. The molecule has 0 fully saturated rings. The fraction of sp³-hybridized carbons (Fsp3) is 0. The Balaban J connectivity index is 2.19. The van der Waals surface area contributed by atoms with Crippen LogP contribution in [0.5, 0.6) is 0 Å². The molecule has 1 N–H and O–H groups in total. The summed E-state index contributed by atoms with van der Waals surface area (Å²) in [5.74, 6) is -6.90. The zero-order valence-corrected chi connectivity index (χ0v) is 10.2. The third kappa shape index (κ3) is 3.14. The maximum atomic E-state index is 13.3. The molecule has 106 valence electrons. The molecular formula is C13H6F4N4. The quantitative estimate of drug-likeness (QED) is 0.410. The third-order valence-corrected chi connectivity index (χ3v) is 2.43. The maximum absolute atomic E-state index is 13.3. The summed E-state index contributed by atoms with van der Waals surface area (Å²) < 4.78 is 52.2. The summed E-state index contributed by atoms with van der Waals surface area (Å²) in [6.45, 7) is 0. The molecule has 0 atom stereocenters. The molecule has 1 aromatic heterocycles. The van der Waals surface area contributed by atoms with Gasteiger partial charge in [-0.3, -0.25) is 5.43 Å². The number of nitrogens with zero attached hydrogens (tertiary/aromatic N) is 3. The minimum Gasteiger partial charge on any atom is -0.272 e. The summed E-state index contributed by atoms with van der Waals surface area (Å²) in [6, 6.07) is 7.99. The van der Waals surface area contributed by atoms with Crippen LogP contribution in [0.4, 0.5) is 23.2 Å². The normalized spacial score (nSPS) is 10.6. The Morgan fingerprint density at radius 3 is 2.14 bits per heavy atom. The van der Waals surface area contributed by atoms with Gasteiger partial charge in [0.1, 0.15) is 5.69 Å². The Labute approximate surface area is 116 Å². The van der Waals surface area contributed by atoms with Gasteiger partial charge in [0.25, 0.3) is 11.9 Å². The van der Waals surface area contributed by atoms with Crippen LogP contribution in [0.1, 0.15) is 11.1 Å². The van der Waals surface area contributed by atoms with Gasteiger partial charge in [0, 0.05) is 0 Å².